The number of aromatic nitrogens is 10. The van der Waals surface area contributed by atoms with Gasteiger partial charge in [0.2, 0.25) is 0 Å². The highest BCUT2D eigenvalue weighted by Gasteiger charge is 2.45. The number of anilines is 13. The number of hydroxylamine groups is 4. The van der Waals surface area contributed by atoms with Crippen molar-refractivity contribution in [3.8, 4) is 0 Å². The fourth-order valence-electron chi connectivity index (χ4n) is 14.0. The van der Waals surface area contributed by atoms with Crippen LogP contribution < -0.4 is 78.0 Å². The zero-order valence-electron chi connectivity index (χ0n) is 77.9. The first kappa shape index (κ1) is 102. The highest BCUT2D eigenvalue weighted by atomic mass is 16.6. The predicted molar refractivity (Wildman–Crippen MR) is 517 cm³/mol. The summed E-state index contributed by atoms with van der Waals surface area (Å²) in [5.74, 6) is 0.284. The average molecular weight is 1880 g/mol. The summed E-state index contributed by atoms with van der Waals surface area (Å²) in [4.78, 5) is 0. The molecule has 0 bridgehead atoms. The van der Waals surface area contributed by atoms with E-state index in [4.69, 9.17) is 0 Å². The number of nitrogens with zero attached hydrogens (tertiary/aromatic N) is 19. The second-order valence-electron chi connectivity index (χ2n) is 33.3. The maximum absolute atomic E-state index is 12.3. The van der Waals surface area contributed by atoms with E-state index in [1.807, 2.05) is 142 Å². The molecule has 38 heteroatoms. The topological polar surface area (TPSA) is 481 Å². The number of benzene rings is 5. The van der Waals surface area contributed by atoms with E-state index in [1.165, 1.54) is 42.7 Å². The summed E-state index contributed by atoms with van der Waals surface area (Å²) in [6.07, 6.45) is 16.5. The lowest BCUT2D eigenvalue weighted by Gasteiger charge is -2.29. The van der Waals surface area contributed by atoms with E-state index in [0.29, 0.717) is 129 Å². The van der Waals surface area contributed by atoms with Gasteiger partial charge in [-0.2, -0.15) is 4.73 Å². The summed E-state index contributed by atoms with van der Waals surface area (Å²) in [6.45, 7) is 24.0. The van der Waals surface area contributed by atoms with E-state index in [0.717, 1.165) is 65.1 Å². The number of aryl methyl sites for hydroxylation is 9. The van der Waals surface area contributed by atoms with Crippen LogP contribution in [0, 0.1) is 120 Å². The highest BCUT2D eigenvalue weighted by Crippen LogP contribution is 2.43. The molecule has 15 aromatic rings. The molecular formula is C100H107N19O19. The van der Waals surface area contributed by atoms with E-state index in [2.05, 4.69) is 0 Å². The van der Waals surface area contributed by atoms with Gasteiger partial charge < -0.3 is 57.3 Å². The lowest BCUT2D eigenvalue weighted by molar-refractivity contribution is -0.619. The first-order valence-corrected chi connectivity index (χ1v) is 43.0. The van der Waals surface area contributed by atoms with Crippen molar-refractivity contribution >= 4 is 114 Å². The average Bonchev–Trinajstić information content (AvgIpc) is 1.07. The molecule has 38 nitrogen and oxygen atoms in total. The Bertz CT molecular complexity index is 6840. The van der Waals surface area contributed by atoms with Crippen LogP contribution in [0.3, 0.4) is 0 Å². The molecule has 0 amide bonds. The Labute approximate surface area is 794 Å². The molecule has 3 aliphatic rings. The first-order valence-electron chi connectivity index (χ1n) is 43.0. The van der Waals surface area contributed by atoms with Crippen molar-refractivity contribution in [1.29, 1.82) is 0 Å². The van der Waals surface area contributed by atoms with Crippen molar-refractivity contribution in [3.05, 3.63) is 425 Å². The lowest BCUT2D eigenvalue weighted by atomic mass is 9.94. The third kappa shape index (κ3) is 23.1. The quantitative estimate of drug-likeness (QED) is 0.0280. The molecule has 12 heterocycles. The van der Waals surface area contributed by atoms with Crippen molar-refractivity contribution in [2.45, 2.75) is 114 Å². The number of hydrogen-bond donors (Lipinski definition) is 9. The number of fused-ring (bicyclic) bond motifs is 7. The molecule has 2 aliphatic heterocycles. The van der Waals surface area contributed by atoms with Crippen LogP contribution in [0.1, 0.15) is 85.9 Å². The van der Waals surface area contributed by atoms with Crippen LogP contribution in [-0.2, 0) is 0 Å². The summed E-state index contributed by atoms with van der Waals surface area (Å²) in [5.41, 5.74) is 6.97. The molecule has 5 aromatic carbocycles. The zero-order valence-corrected chi connectivity index (χ0v) is 77.9. The van der Waals surface area contributed by atoms with Crippen molar-refractivity contribution in [3.63, 3.8) is 0 Å². The van der Waals surface area contributed by atoms with E-state index in [9.17, 15) is 98.9 Å². The molecule has 0 spiro atoms. The van der Waals surface area contributed by atoms with Gasteiger partial charge in [0.05, 0.1) is 16.8 Å². The van der Waals surface area contributed by atoms with Crippen LogP contribution in [0.25, 0.3) is 32.8 Å². The van der Waals surface area contributed by atoms with Crippen molar-refractivity contribution in [2.75, 3.05) is 35.4 Å². The van der Waals surface area contributed by atoms with Gasteiger partial charge in [0.15, 0.2) is 34.3 Å². The van der Waals surface area contributed by atoms with Gasteiger partial charge in [-0.15, -0.1) is 10.1 Å². The van der Waals surface area contributed by atoms with Gasteiger partial charge in [-0.3, -0.25) is 9.95 Å². The molecule has 138 heavy (non-hydrogen) atoms. The molecule has 1 aliphatic carbocycles. The van der Waals surface area contributed by atoms with E-state index >= 15 is 0 Å². The van der Waals surface area contributed by atoms with Gasteiger partial charge in [0.1, 0.15) is 56.5 Å². The highest BCUT2D eigenvalue weighted by molar-refractivity contribution is 6.05. The summed E-state index contributed by atoms with van der Waals surface area (Å²) in [7, 11) is 0. The standard InChI is InChI=1S/C15H12N2O2.C14H18N2O2.C13H14N2O2.C12H12N4O4.C12H13N3O3.C12H10N2O2.C12H12N2O2.C10H16N2O2/c18-16(13-7-2-1-3-8-13)15-11-10-12-6-4-5-9-14(12)17(15)19;1-14(2)10-6-5-8-12-7-3-4-9-13(12)15(17)11-16(14)18;1-10-8-13(9-11(2)14(10)16)15(17)12-6-4-3-5-7-12;1-7-3-5-9-11(13(7)17)15(19)10-6-4-8(2)14(18)12(10)16(9)20;1-9-5-3-7-11(13(9)16)15(18)12-8-4-6-10(2)14(12)17;1-8-6-7-10-9-4-2-3-5-11(9)14(16)12(10)13(8)15;1-10-6-5-9-12(13(10)15)14(16)11-7-3-2-4-8-11;1-8-6-5-7-9(11(8)13)12(14)10(2,3)4/h1-11,18H;3-13,17H,1-2H3;3-9,17H,1-2H3;3-6,19-20H,1-2H3;3-8,18H,1-2H3;2-7,16H,1H3;2-9,16H,1H3;5-7,14H,1-4H3/b;8-5+,10-6-,16-11?;;;;;;. The van der Waals surface area contributed by atoms with Gasteiger partial charge in [-0.25, -0.2) is 79.4 Å². The smallest absolute Gasteiger partial charge is 0.366 e. The van der Waals surface area contributed by atoms with Crippen LogP contribution in [0.2, 0.25) is 0 Å². The predicted octanol–water partition coefficient (Wildman–Crippen LogP) is 15.5. The van der Waals surface area contributed by atoms with Gasteiger partial charge >= 0.3 is 46.4 Å². The van der Waals surface area contributed by atoms with Gasteiger partial charge in [0, 0.05) is 85.1 Å². The third-order valence-electron chi connectivity index (χ3n) is 21.9. The van der Waals surface area contributed by atoms with Gasteiger partial charge in [0.25, 0.3) is 17.7 Å². The minimum absolute atomic E-state index is 0.0230. The molecule has 0 fully saturated rings. The normalized spacial score (nSPS) is 14.0. The van der Waals surface area contributed by atoms with E-state index < -0.39 is 11.1 Å². The van der Waals surface area contributed by atoms with E-state index in [-0.39, 0.29) is 69.7 Å². The van der Waals surface area contributed by atoms with Crippen LogP contribution in [-0.4, -0.2) is 84.9 Å². The lowest BCUT2D eigenvalue weighted by Crippen LogP contribution is -2.47. The summed E-state index contributed by atoms with van der Waals surface area (Å²) in [6, 6.07) is 76.9. The Morgan fingerprint density at radius 2 is 0.710 bits per heavy atom. The van der Waals surface area contributed by atoms with Crippen LogP contribution >= 0.6 is 0 Å². The Morgan fingerprint density at radius 1 is 0.326 bits per heavy atom. The summed E-state index contributed by atoms with van der Waals surface area (Å²) < 4.78 is 7.49. The van der Waals surface area contributed by atoms with Crippen molar-refractivity contribution in [2.24, 2.45) is 5.92 Å². The molecule has 9 N–H and O–H groups in total. The third-order valence-corrected chi connectivity index (χ3v) is 21.9. The zero-order chi connectivity index (χ0) is 100. The Balaban J connectivity index is 0.000000151. The SMILES string of the molecule is CC1(C)/C=C\C=C\C2C=CC=CC2N(O)C=[N+]1[O-].Cc1cc(N(O)c2ccccc2)cc(C)[n+]1[O-].Cc1ccc2c([n+]1[O-])N(O)c1ccc(C)[n+]([O-])c1N2O.Cc1ccc2c3ccccc3n(O)c2[n+]1[O-].Cc1cccc(N(O)C(C)(C)C)[n+]1[O-].Cc1cccc(N(O)c2cccc(C)[n+]2[O-])[n+]1[O-].Cc1cccc(N(O)c2ccccc2)[n+]1[O-].[O-][n+]1c(N(O)c2ccccc2)ccc2ccccc21. The van der Waals surface area contributed by atoms with E-state index in [1.54, 1.807) is 240 Å². The molecule has 716 valence electrons. The number of rotatable bonds is 9. The monoisotopic (exact) mass is 1880 g/mol. The number of para-hydroxylation sites is 5. The summed E-state index contributed by atoms with van der Waals surface area (Å²) >= 11 is 0. The second kappa shape index (κ2) is 44.2. The molecule has 0 radical (unpaired) electrons. The minimum atomic E-state index is -0.688. The van der Waals surface area contributed by atoms with Crippen LogP contribution in [0.4, 0.5) is 74.8 Å². The maximum atomic E-state index is 12.3. The summed E-state index contributed by atoms with van der Waals surface area (Å²) in [5, 5.41) is 218. The van der Waals surface area contributed by atoms with Crippen molar-refractivity contribution < 1.29 is 94.2 Å². The minimum Gasteiger partial charge on any atom is -0.715 e. The maximum Gasteiger partial charge on any atom is 0.366 e. The Morgan fingerprint density at radius 3 is 1.19 bits per heavy atom. The van der Waals surface area contributed by atoms with Crippen LogP contribution in [0.5, 0.6) is 0 Å². The van der Waals surface area contributed by atoms with Gasteiger partial charge in [-0.1, -0.05) is 166 Å². The molecule has 0 saturated carbocycles. The van der Waals surface area contributed by atoms with Crippen molar-refractivity contribution in [1.82, 2.24) is 9.79 Å². The number of pyridine rings is 9. The Kier molecular flexibility index (Phi) is 32.6. The van der Waals surface area contributed by atoms with Gasteiger partial charge in [-0.05, 0) is 214 Å². The molecule has 10 aromatic heterocycles. The fraction of sp³-hybridized carbons (Fsp3) is 0.180. The number of allylic oxidation sites excluding steroid dienone is 4. The molecular weight excluding hydrogens is 1770 g/mol. The first-order chi connectivity index (χ1) is 65.6. The molecule has 2 atom stereocenters. The Hall–Kier alpha value is -17.0. The molecule has 0 saturated heterocycles. The molecule has 2 unspecified atom stereocenters. The number of hydrogen-bond acceptors (Lipinski definition) is 27. The fourth-order valence-corrected chi connectivity index (χ4v) is 14.0. The second-order valence-corrected chi connectivity index (χ2v) is 33.3. The van der Waals surface area contributed by atoms with Crippen LogP contribution in [0.15, 0.2) is 322 Å². The molecule has 18 rings (SSSR count). The largest absolute Gasteiger partial charge is 0.715 e.